The summed E-state index contributed by atoms with van der Waals surface area (Å²) in [6.45, 7) is 9.44. The molecule has 0 spiro atoms. The van der Waals surface area contributed by atoms with Crippen molar-refractivity contribution in [3.05, 3.63) is 0 Å². The molecular weight excluding hydrogens is 300 g/mol. The first-order valence-corrected chi connectivity index (χ1v) is 10.2. The quantitative estimate of drug-likeness (QED) is 0.742. The first-order valence-electron chi connectivity index (χ1n) is 8.51. The van der Waals surface area contributed by atoms with E-state index in [1.54, 1.807) is 0 Å². The van der Waals surface area contributed by atoms with Gasteiger partial charge in [0.25, 0.3) is 0 Å². The Morgan fingerprint density at radius 2 is 1.82 bits per heavy atom. The number of hydrogen-bond donors (Lipinski definition) is 1. The third-order valence-corrected chi connectivity index (χ3v) is 5.76. The molecule has 0 bridgehead atoms. The molecule has 0 saturated carbocycles. The molecule has 1 N–H and O–H groups in total. The molecule has 1 rings (SSSR count). The van der Waals surface area contributed by atoms with Crippen LogP contribution in [-0.4, -0.2) is 44.1 Å². The van der Waals surface area contributed by atoms with Crippen molar-refractivity contribution in [2.24, 2.45) is 11.8 Å². The second kappa shape index (κ2) is 8.87. The van der Waals surface area contributed by atoms with Crippen LogP contribution in [0.5, 0.6) is 0 Å². The monoisotopic (exact) mass is 332 g/mol. The number of amides is 1. The number of piperidine rings is 1. The zero-order valence-corrected chi connectivity index (χ0v) is 15.3. The van der Waals surface area contributed by atoms with Crippen molar-refractivity contribution in [2.45, 2.75) is 65.8 Å². The normalized spacial score (nSPS) is 18.7. The van der Waals surface area contributed by atoms with E-state index in [2.05, 4.69) is 11.6 Å². The molecule has 1 atom stereocenters. The second-order valence-electron chi connectivity index (χ2n) is 7.05. The highest BCUT2D eigenvalue weighted by Gasteiger charge is 2.26. The number of hydrogen-bond acceptors (Lipinski definition) is 3. The first kappa shape index (κ1) is 19.4. The Hall–Kier alpha value is -0.620. The third kappa shape index (κ3) is 7.09. The third-order valence-electron chi connectivity index (χ3n) is 4.06. The van der Waals surface area contributed by atoms with Crippen LogP contribution in [-0.2, 0) is 14.8 Å². The average Bonchev–Trinajstić information content (AvgIpc) is 2.37. The fourth-order valence-corrected chi connectivity index (χ4v) is 4.73. The van der Waals surface area contributed by atoms with Crippen LogP contribution < -0.4 is 4.72 Å². The molecular formula is C16H32N2O3S. The maximum absolute atomic E-state index is 12.2. The Balaban J connectivity index is 2.40. The second-order valence-corrected chi connectivity index (χ2v) is 8.84. The fourth-order valence-electron chi connectivity index (χ4n) is 2.98. The first-order chi connectivity index (χ1) is 10.2. The van der Waals surface area contributed by atoms with E-state index in [-0.39, 0.29) is 23.6 Å². The van der Waals surface area contributed by atoms with Crippen LogP contribution in [0, 0.1) is 11.8 Å². The highest BCUT2D eigenvalue weighted by Crippen LogP contribution is 2.15. The summed E-state index contributed by atoms with van der Waals surface area (Å²) in [5.41, 5.74) is 0. The van der Waals surface area contributed by atoms with Gasteiger partial charge in [-0.1, -0.05) is 34.1 Å². The lowest BCUT2D eigenvalue weighted by molar-refractivity contribution is -0.133. The van der Waals surface area contributed by atoms with Gasteiger partial charge in [0.1, 0.15) is 0 Å². The van der Waals surface area contributed by atoms with E-state index >= 15 is 0 Å². The zero-order valence-electron chi connectivity index (χ0n) is 14.5. The van der Waals surface area contributed by atoms with Gasteiger partial charge in [-0.25, -0.2) is 13.1 Å². The van der Waals surface area contributed by atoms with Crippen LogP contribution in [0.3, 0.4) is 0 Å². The number of rotatable bonds is 8. The smallest absolute Gasteiger partial charge is 0.222 e. The Morgan fingerprint density at radius 3 is 2.32 bits per heavy atom. The Morgan fingerprint density at radius 1 is 1.23 bits per heavy atom. The van der Waals surface area contributed by atoms with Gasteiger partial charge in [-0.2, -0.15) is 0 Å². The van der Waals surface area contributed by atoms with Gasteiger partial charge in [0.2, 0.25) is 15.9 Å². The molecule has 0 aliphatic carbocycles. The summed E-state index contributed by atoms with van der Waals surface area (Å²) in [5.74, 6) is 0.944. The van der Waals surface area contributed by atoms with E-state index in [1.807, 2.05) is 25.7 Å². The number of likely N-dealkylation sites (tertiary alicyclic amines) is 1. The molecule has 1 saturated heterocycles. The SMILES string of the molecule is CCCC(C)CS(=O)(=O)NC1CCN(C(=O)CC(C)C)CC1. The number of nitrogens with one attached hydrogen (secondary N) is 1. The maximum atomic E-state index is 12.2. The van der Waals surface area contributed by atoms with Gasteiger partial charge >= 0.3 is 0 Å². The van der Waals surface area contributed by atoms with Crippen molar-refractivity contribution in [1.29, 1.82) is 0 Å². The van der Waals surface area contributed by atoms with Crippen LogP contribution in [0.15, 0.2) is 0 Å². The van der Waals surface area contributed by atoms with E-state index in [1.165, 1.54) is 0 Å². The van der Waals surface area contributed by atoms with Crippen LogP contribution in [0.25, 0.3) is 0 Å². The van der Waals surface area contributed by atoms with E-state index in [0.717, 1.165) is 12.8 Å². The molecule has 6 heteroatoms. The van der Waals surface area contributed by atoms with Gasteiger partial charge in [-0.15, -0.1) is 0 Å². The molecule has 0 aromatic heterocycles. The lowest BCUT2D eigenvalue weighted by atomic mass is 10.0. The largest absolute Gasteiger partial charge is 0.343 e. The highest BCUT2D eigenvalue weighted by atomic mass is 32.2. The van der Waals surface area contributed by atoms with Gasteiger partial charge in [0.15, 0.2) is 0 Å². The van der Waals surface area contributed by atoms with Crippen molar-refractivity contribution in [2.75, 3.05) is 18.8 Å². The van der Waals surface area contributed by atoms with E-state index in [9.17, 15) is 13.2 Å². The summed E-state index contributed by atoms with van der Waals surface area (Å²) < 4.78 is 27.1. The highest BCUT2D eigenvalue weighted by molar-refractivity contribution is 7.89. The maximum Gasteiger partial charge on any atom is 0.222 e. The summed E-state index contributed by atoms with van der Waals surface area (Å²) in [6.07, 6.45) is 3.94. The van der Waals surface area contributed by atoms with Gasteiger partial charge < -0.3 is 4.90 Å². The minimum atomic E-state index is -3.21. The van der Waals surface area contributed by atoms with Crippen molar-refractivity contribution >= 4 is 15.9 Å². The van der Waals surface area contributed by atoms with Crippen LogP contribution >= 0.6 is 0 Å². The van der Waals surface area contributed by atoms with Crippen LogP contribution in [0.1, 0.15) is 59.8 Å². The molecule has 0 radical (unpaired) electrons. The molecule has 1 amide bonds. The topological polar surface area (TPSA) is 66.5 Å². The molecule has 1 fully saturated rings. The van der Waals surface area contributed by atoms with Gasteiger partial charge in [-0.05, 0) is 31.1 Å². The lowest BCUT2D eigenvalue weighted by Gasteiger charge is -2.32. The number of carbonyl (C=O) groups excluding carboxylic acids is 1. The Kier molecular flexibility index (Phi) is 7.83. The van der Waals surface area contributed by atoms with Crippen LogP contribution in [0.4, 0.5) is 0 Å². The minimum Gasteiger partial charge on any atom is -0.343 e. The summed E-state index contributed by atoms with van der Waals surface area (Å²) in [4.78, 5) is 13.9. The lowest BCUT2D eigenvalue weighted by Crippen LogP contribution is -2.47. The van der Waals surface area contributed by atoms with Crippen LogP contribution in [0.2, 0.25) is 0 Å². The molecule has 22 heavy (non-hydrogen) atoms. The molecule has 1 heterocycles. The molecule has 0 aromatic rings. The zero-order chi connectivity index (χ0) is 16.8. The van der Waals surface area contributed by atoms with Crippen molar-refractivity contribution < 1.29 is 13.2 Å². The summed E-state index contributed by atoms with van der Waals surface area (Å²) in [5, 5.41) is 0. The Bertz CT molecular complexity index is 440. The van der Waals surface area contributed by atoms with Crippen molar-refractivity contribution in [3.8, 4) is 0 Å². The fraction of sp³-hybridized carbons (Fsp3) is 0.938. The van der Waals surface area contributed by atoms with Crippen molar-refractivity contribution in [3.63, 3.8) is 0 Å². The predicted octanol–water partition coefficient (Wildman–Crippen LogP) is 2.38. The number of carbonyl (C=O) groups is 1. The molecule has 0 aromatic carbocycles. The van der Waals surface area contributed by atoms with E-state index < -0.39 is 10.0 Å². The molecule has 1 aliphatic heterocycles. The molecule has 1 aliphatic rings. The van der Waals surface area contributed by atoms with Crippen molar-refractivity contribution in [1.82, 2.24) is 9.62 Å². The van der Waals surface area contributed by atoms with E-state index in [0.29, 0.717) is 38.3 Å². The number of sulfonamides is 1. The summed E-state index contributed by atoms with van der Waals surface area (Å²) in [6, 6.07) is -0.0260. The van der Waals surface area contributed by atoms with Gasteiger partial charge in [0, 0.05) is 25.6 Å². The molecule has 1 unspecified atom stereocenters. The van der Waals surface area contributed by atoms with E-state index in [4.69, 9.17) is 0 Å². The number of nitrogens with zero attached hydrogens (tertiary/aromatic N) is 1. The predicted molar refractivity (Wildman–Crippen MR) is 90.1 cm³/mol. The summed E-state index contributed by atoms with van der Waals surface area (Å²) >= 11 is 0. The standard InChI is InChI=1S/C16H32N2O3S/c1-5-6-14(4)12-22(20,21)17-15-7-9-18(10-8-15)16(19)11-13(2)3/h13-15,17H,5-12H2,1-4H3. The molecule has 130 valence electrons. The average molecular weight is 333 g/mol. The molecule has 5 nitrogen and oxygen atoms in total. The Labute approximate surface area is 135 Å². The van der Waals surface area contributed by atoms with Gasteiger partial charge in [-0.3, -0.25) is 4.79 Å². The summed E-state index contributed by atoms with van der Waals surface area (Å²) in [7, 11) is -3.21. The van der Waals surface area contributed by atoms with Gasteiger partial charge in [0.05, 0.1) is 5.75 Å². The minimum absolute atomic E-state index is 0.0260.